The van der Waals surface area contributed by atoms with Crippen molar-refractivity contribution in [1.82, 2.24) is 15.2 Å². The summed E-state index contributed by atoms with van der Waals surface area (Å²) in [5.74, 6) is 1.57. The Morgan fingerprint density at radius 3 is 2.92 bits per heavy atom. The van der Waals surface area contributed by atoms with Crippen molar-refractivity contribution in [2.75, 3.05) is 13.8 Å². The molecule has 26 heavy (non-hydrogen) atoms. The number of nitrogens with one attached hydrogen (secondary N) is 1. The van der Waals surface area contributed by atoms with Crippen LogP contribution in [0.3, 0.4) is 0 Å². The number of para-hydroxylation sites is 1. The monoisotopic (exact) mass is 385 g/mol. The van der Waals surface area contributed by atoms with Crippen LogP contribution in [0.15, 0.2) is 42.5 Å². The first-order chi connectivity index (χ1) is 12.6. The van der Waals surface area contributed by atoms with Crippen molar-refractivity contribution in [2.45, 2.75) is 19.5 Å². The molecule has 0 amide bonds. The van der Waals surface area contributed by atoms with Gasteiger partial charge in [0.2, 0.25) is 6.79 Å². The number of hydrogen-bond acceptors (Lipinski definition) is 5. The molecule has 3 aromatic rings. The highest BCUT2D eigenvalue weighted by molar-refractivity contribution is 7.80. The molecular weight excluding hydrogens is 366 g/mol. The third kappa shape index (κ3) is 3.32. The van der Waals surface area contributed by atoms with Crippen molar-refractivity contribution in [3.8, 4) is 11.5 Å². The Hall–Kier alpha value is -2.38. The second kappa shape index (κ2) is 7.09. The largest absolute Gasteiger partial charge is 0.454 e. The van der Waals surface area contributed by atoms with E-state index in [9.17, 15) is 0 Å². The van der Waals surface area contributed by atoms with Crippen LogP contribution in [0.2, 0.25) is 0 Å². The van der Waals surface area contributed by atoms with Crippen molar-refractivity contribution in [3.63, 3.8) is 0 Å². The van der Waals surface area contributed by atoms with Crippen molar-refractivity contribution in [1.29, 1.82) is 0 Å². The molecule has 0 unspecified atom stereocenters. The summed E-state index contributed by atoms with van der Waals surface area (Å²) >= 11 is 7.28. The molecule has 0 saturated heterocycles. The van der Waals surface area contributed by atoms with Crippen LogP contribution in [-0.4, -0.2) is 28.8 Å². The van der Waals surface area contributed by atoms with Gasteiger partial charge in [0.25, 0.3) is 0 Å². The lowest BCUT2D eigenvalue weighted by atomic mass is 10.2. The lowest BCUT2D eigenvalue weighted by molar-refractivity contribution is 0.174. The Balaban J connectivity index is 1.40. The minimum atomic E-state index is 0.101. The van der Waals surface area contributed by atoms with Gasteiger partial charge >= 0.3 is 0 Å². The molecule has 0 bridgehead atoms. The first kappa shape index (κ1) is 17.1. The molecule has 1 N–H and O–H groups in total. The molecule has 7 heteroatoms. The minimum Gasteiger partial charge on any atom is -0.454 e. The number of rotatable bonds is 4. The maximum Gasteiger partial charge on any atom is 0.231 e. The Morgan fingerprint density at radius 1 is 1.27 bits per heavy atom. The van der Waals surface area contributed by atoms with Crippen LogP contribution < -0.4 is 14.8 Å². The topological polar surface area (TPSA) is 46.6 Å². The summed E-state index contributed by atoms with van der Waals surface area (Å²) in [4.78, 5) is 6.77. The SMILES string of the molecule is C[C@@H](c1nc2ccccc2s1)N(C)C(=S)NCc1ccc2c(c1)OCO2. The zero-order valence-corrected chi connectivity index (χ0v) is 16.2. The molecular formula is C19H19N3O2S2. The first-order valence-corrected chi connectivity index (χ1v) is 9.59. The third-order valence-corrected chi connectivity index (χ3v) is 6.09. The van der Waals surface area contributed by atoms with Crippen LogP contribution in [0.1, 0.15) is 23.5 Å². The lowest BCUT2D eigenvalue weighted by Crippen LogP contribution is -2.38. The molecule has 1 aliphatic heterocycles. The maximum atomic E-state index is 5.57. The predicted molar refractivity (Wildman–Crippen MR) is 108 cm³/mol. The van der Waals surface area contributed by atoms with Crippen LogP contribution in [0.25, 0.3) is 10.2 Å². The zero-order chi connectivity index (χ0) is 18.1. The van der Waals surface area contributed by atoms with Crippen molar-refractivity contribution in [3.05, 3.63) is 53.0 Å². The predicted octanol–water partition coefficient (Wildman–Crippen LogP) is 4.09. The molecule has 0 aliphatic carbocycles. The van der Waals surface area contributed by atoms with E-state index in [-0.39, 0.29) is 12.8 Å². The van der Waals surface area contributed by atoms with Crippen LogP contribution in [0.5, 0.6) is 11.5 Å². The lowest BCUT2D eigenvalue weighted by Gasteiger charge is -2.26. The van der Waals surface area contributed by atoms with Gasteiger partial charge < -0.3 is 19.7 Å². The number of benzene rings is 2. The summed E-state index contributed by atoms with van der Waals surface area (Å²) in [6.45, 7) is 3.03. The van der Waals surface area contributed by atoms with Gasteiger partial charge in [-0.15, -0.1) is 11.3 Å². The molecule has 4 rings (SSSR count). The smallest absolute Gasteiger partial charge is 0.231 e. The highest BCUT2D eigenvalue weighted by atomic mass is 32.1. The molecule has 0 saturated carbocycles. The van der Waals surface area contributed by atoms with E-state index in [1.165, 1.54) is 4.70 Å². The van der Waals surface area contributed by atoms with Crippen LogP contribution in [-0.2, 0) is 6.54 Å². The number of fused-ring (bicyclic) bond motifs is 2. The Kier molecular flexibility index (Phi) is 4.65. The summed E-state index contributed by atoms with van der Waals surface area (Å²) in [7, 11) is 1.99. The van der Waals surface area contributed by atoms with Crippen molar-refractivity contribution < 1.29 is 9.47 Å². The third-order valence-electron chi connectivity index (χ3n) is 4.45. The van der Waals surface area contributed by atoms with Gasteiger partial charge in [0.1, 0.15) is 5.01 Å². The van der Waals surface area contributed by atoms with Gasteiger partial charge in [-0.2, -0.15) is 0 Å². The summed E-state index contributed by atoms with van der Waals surface area (Å²) in [5, 5.41) is 5.06. The summed E-state index contributed by atoms with van der Waals surface area (Å²) in [5.41, 5.74) is 2.13. The fraction of sp³-hybridized carbons (Fsp3) is 0.263. The molecule has 2 aromatic carbocycles. The standard InChI is InChI=1S/C19H19N3O2S2/c1-12(18-21-14-5-3-4-6-17(14)26-18)22(2)19(25)20-10-13-7-8-15-16(9-13)24-11-23-15/h3-9,12H,10-11H2,1-2H3,(H,20,25)/t12-/m0/s1. The summed E-state index contributed by atoms with van der Waals surface area (Å²) in [6, 6.07) is 14.2. The van der Waals surface area contributed by atoms with E-state index in [0.717, 1.165) is 27.6 Å². The number of nitrogens with zero attached hydrogens (tertiary/aromatic N) is 2. The van der Waals surface area contributed by atoms with E-state index in [0.29, 0.717) is 11.7 Å². The second-order valence-corrected chi connectivity index (χ2v) is 7.60. The maximum absolute atomic E-state index is 5.57. The molecule has 0 radical (unpaired) electrons. The molecule has 1 atom stereocenters. The Labute approximate surface area is 161 Å². The number of thiocarbonyl (C=S) groups is 1. The Morgan fingerprint density at radius 2 is 2.08 bits per heavy atom. The fourth-order valence-electron chi connectivity index (χ4n) is 2.76. The number of thiazole rings is 1. The van der Waals surface area contributed by atoms with Crippen LogP contribution in [0.4, 0.5) is 0 Å². The van der Waals surface area contributed by atoms with Gasteiger partial charge in [0.15, 0.2) is 16.6 Å². The van der Waals surface area contributed by atoms with Gasteiger partial charge in [0.05, 0.1) is 16.3 Å². The van der Waals surface area contributed by atoms with E-state index < -0.39 is 0 Å². The molecule has 134 valence electrons. The quantitative estimate of drug-likeness (QED) is 0.683. The van der Waals surface area contributed by atoms with E-state index in [4.69, 9.17) is 26.7 Å². The van der Waals surface area contributed by atoms with E-state index in [1.807, 2.05) is 48.3 Å². The molecule has 2 heterocycles. The van der Waals surface area contributed by atoms with Gasteiger partial charge in [-0.05, 0) is 49.0 Å². The second-order valence-electron chi connectivity index (χ2n) is 6.15. The summed E-state index contributed by atoms with van der Waals surface area (Å²) in [6.07, 6.45) is 0. The van der Waals surface area contributed by atoms with Crippen molar-refractivity contribution in [2.24, 2.45) is 0 Å². The highest BCUT2D eigenvalue weighted by Gasteiger charge is 2.19. The summed E-state index contributed by atoms with van der Waals surface area (Å²) < 4.78 is 12.0. The highest BCUT2D eigenvalue weighted by Crippen LogP contribution is 2.32. The van der Waals surface area contributed by atoms with E-state index in [1.54, 1.807) is 11.3 Å². The zero-order valence-electron chi connectivity index (χ0n) is 14.6. The van der Waals surface area contributed by atoms with E-state index >= 15 is 0 Å². The van der Waals surface area contributed by atoms with Crippen LogP contribution in [0, 0.1) is 0 Å². The average Bonchev–Trinajstić information content (AvgIpc) is 3.30. The number of hydrogen-bond donors (Lipinski definition) is 1. The Bertz CT molecular complexity index is 924. The fourth-order valence-corrected chi connectivity index (χ4v) is 4.06. The van der Waals surface area contributed by atoms with Gasteiger partial charge in [-0.1, -0.05) is 18.2 Å². The van der Waals surface area contributed by atoms with Gasteiger partial charge in [-0.3, -0.25) is 0 Å². The number of aromatic nitrogens is 1. The van der Waals surface area contributed by atoms with Gasteiger partial charge in [-0.25, -0.2) is 4.98 Å². The molecule has 1 aromatic heterocycles. The van der Waals surface area contributed by atoms with Crippen molar-refractivity contribution >= 4 is 38.9 Å². The normalized spacial score (nSPS) is 13.6. The van der Waals surface area contributed by atoms with Crippen LogP contribution >= 0.6 is 23.6 Å². The number of ether oxygens (including phenoxy) is 2. The first-order valence-electron chi connectivity index (χ1n) is 8.36. The molecule has 5 nitrogen and oxygen atoms in total. The minimum absolute atomic E-state index is 0.101. The molecule has 1 aliphatic rings. The average molecular weight is 386 g/mol. The molecule has 0 fully saturated rings. The molecule has 0 spiro atoms. The van der Waals surface area contributed by atoms with E-state index in [2.05, 4.69) is 18.3 Å². The van der Waals surface area contributed by atoms with Gasteiger partial charge in [0, 0.05) is 13.6 Å².